The van der Waals surface area contributed by atoms with Crippen molar-refractivity contribution in [2.75, 3.05) is 6.54 Å². The van der Waals surface area contributed by atoms with Crippen LogP contribution in [0.25, 0.3) is 0 Å². The predicted octanol–water partition coefficient (Wildman–Crippen LogP) is 2.41. The number of nitrogens with two attached hydrogens (primary N) is 1. The minimum Gasteiger partial charge on any atom is -0.393 e. The summed E-state index contributed by atoms with van der Waals surface area (Å²) in [5.74, 6) is -0.103. The fourth-order valence-corrected chi connectivity index (χ4v) is 1.72. The van der Waals surface area contributed by atoms with Crippen molar-refractivity contribution in [1.29, 1.82) is 0 Å². The van der Waals surface area contributed by atoms with E-state index in [1.54, 1.807) is 6.07 Å². The van der Waals surface area contributed by atoms with Gasteiger partial charge in [-0.25, -0.2) is 0 Å². The Bertz CT molecular complexity index is 448. The number of thiocarbonyl (C=S) groups is 1. The van der Waals surface area contributed by atoms with E-state index in [0.717, 1.165) is 10.0 Å². The molecule has 1 aromatic rings. The molecule has 92 valence electrons. The lowest BCUT2D eigenvalue weighted by molar-refractivity contribution is 0.0950. The number of carbonyl (C=O) groups excluding carboxylic acids is 1. The molecule has 0 aliphatic carbocycles. The van der Waals surface area contributed by atoms with Crippen LogP contribution < -0.4 is 11.1 Å². The molecule has 0 spiro atoms. The molecule has 1 atom stereocenters. The van der Waals surface area contributed by atoms with E-state index in [4.69, 9.17) is 18.0 Å². The lowest BCUT2D eigenvalue weighted by Gasteiger charge is -2.12. The van der Waals surface area contributed by atoms with Crippen molar-refractivity contribution < 1.29 is 4.79 Å². The number of hydrogen-bond donors (Lipinski definition) is 2. The molecule has 0 aliphatic heterocycles. The standard InChI is InChI=1S/C12H15BrN2OS/c1-7-3-4-9(13)5-10(7)12(16)15-6-8(2)11(14)17/h3-5,8H,6H2,1-2H3,(H2,14,17)(H,15,16). The van der Waals surface area contributed by atoms with Gasteiger partial charge in [-0.3, -0.25) is 4.79 Å². The fourth-order valence-electron chi connectivity index (χ4n) is 1.28. The molecule has 0 fully saturated rings. The second kappa shape index (κ2) is 6.12. The molecular formula is C12H15BrN2OS. The molecule has 0 bridgehead atoms. The molecule has 17 heavy (non-hydrogen) atoms. The topological polar surface area (TPSA) is 55.1 Å². The summed E-state index contributed by atoms with van der Waals surface area (Å²) < 4.78 is 0.885. The van der Waals surface area contributed by atoms with Crippen LogP contribution in [0, 0.1) is 12.8 Å². The summed E-state index contributed by atoms with van der Waals surface area (Å²) >= 11 is 8.20. The normalized spacial score (nSPS) is 11.9. The lowest BCUT2D eigenvalue weighted by atomic mass is 10.1. The first-order chi connectivity index (χ1) is 7.91. The van der Waals surface area contributed by atoms with Gasteiger partial charge in [-0.05, 0) is 24.6 Å². The van der Waals surface area contributed by atoms with Crippen LogP contribution >= 0.6 is 28.1 Å². The third-order valence-corrected chi connectivity index (χ3v) is 3.39. The summed E-state index contributed by atoms with van der Waals surface area (Å²) in [6, 6.07) is 5.61. The molecule has 0 saturated heterocycles. The Hall–Kier alpha value is -0.940. The zero-order valence-electron chi connectivity index (χ0n) is 9.79. The van der Waals surface area contributed by atoms with Crippen LogP contribution in [0.2, 0.25) is 0 Å². The Morgan fingerprint density at radius 1 is 1.59 bits per heavy atom. The van der Waals surface area contributed by atoms with Gasteiger partial charge in [0.2, 0.25) is 0 Å². The van der Waals surface area contributed by atoms with Crippen molar-refractivity contribution in [3.05, 3.63) is 33.8 Å². The van der Waals surface area contributed by atoms with E-state index in [1.807, 2.05) is 26.0 Å². The minimum absolute atomic E-state index is 0.00130. The van der Waals surface area contributed by atoms with Gasteiger partial charge in [-0.15, -0.1) is 0 Å². The summed E-state index contributed by atoms with van der Waals surface area (Å²) in [4.78, 5) is 12.3. The van der Waals surface area contributed by atoms with E-state index in [9.17, 15) is 4.79 Å². The summed E-state index contributed by atoms with van der Waals surface area (Å²) in [5, 5.41) is 2.82. The summed E-state index contributed by atoms with van der Waals surface area (Å²) in [5.41, 5.74) is 7.09. The summed E-state index contributed by atoms with van der Waals surface area (Å²) in [7, 11) is 0. The van der Waals surface area contributed by atoms with Gasteiger partial charge < -0.3 is 11.1 Å². The van der Waals surface area contributed by atoms with Gasteiger partial charge in [0.1, 0.15) is 0 Å². The molecule has 1 rings (SSSR count). The molecule has 0 aliphatic rings. The van der Waals surface area contributed by atoms with Crippen molar-refractivity contribution in [2.24, 2.45) is 11.7 Å². The van der Waals surface area contributed by atoms with Crippen LogP contribution in [0.15, 0.2) is 22.7 Å². The molecule has 5 heteroatoms. The van der Waals surface area contributed by atoms with Gasteiger partial charge in [0, 0.05) is 22.5 Å². The number of nitrogens with one attached hydrogen (secondary N) is 1. The maximum atomic E-state index is 11.9. The number of hydrogen-bond acceptors (Lipinski definition) is 2. The Kier molecular flexibility index (Phi) is 5.08. The average molecular weight is 315 g/mol. The zero-order valence-corrected chi connectivity index (χ0v) is 12.2. The number of aryl methyl sites for hydroxylation is 1. The first kappa shape index (κ1) is 14.1. The van der Waals surface area contributed by atoms with Crippen molar-refractivity contribution >= 4 is 39.0 Å². The van der Waals surface area contributed by atoms with Crippen LogP contribution in [0.1, 0.15) is 22.8 Å². The molecule has 0 heterocycles. The Morgan fingerprint density at radius 3 is 2.82 bits per heavy atom. The van der Waals surface area contributed by atoms with Gasteiger partial charge in [0.25, 0.3) is 5.91 Å². The van der Waals surface area contributed by atoms with E-state index in [0.29, 0.717) is 17.1 Å². The Morgan fingerprint density at radius 2 is 2.24 bits per heavy atom. The molecule has 3 nitrogen and oxygen atoms in total. The van der Waals surface area contributed by atoms with Crippen molar-refractivity contribution in [3.8, 4) is 0 Å². The second-order valence-electron chi connectivity index (χ2n) is 3.97. The average Bonchev–Trinajstić information content (AvgIpc) is 2.28. The molecule has 1 aromatic carbocycles. The molecule has 0 aromatic heterocycles. The smallest absolute Gasteiger partial charge is 0.251 e. The molecule has 3 N–H and O–H groups in total. The van der Waals surface area contributed by atoms with E-state index >= 15 is 0 Å². The maximum absolute atomic E-state index is 11.9. The minimum atomic E-state index is -0.105. The SMILES string of the molecule is Cc1ccc(Br)cc1C(=O)NCC(C)C(N)=S. The highest BCUT2D eigenvalue weighted by molar-refractivity contribution is 9.10. The van der Waals surface area contributed by atoms with Gasteiger partial charge in [0.15, 0.2) is 0 Å². The van der Waals surface area contributed by atoms with Gasteiger partial charge in [0.05, 0.1) is 4.99 Å². The molecular weight excluding hydrogens is 300 g/mol. The highest BCUT2D eigenvalue weighted by Crippen LogP contribution is 2.15. The van der Waals surface area contributed by atoms with Gasteiger partial charge >= 0.3 is 0 Å². The number of rotatable bonds is 4. The first-order valence-corrected chi connectivity index (χ1v) is 6.45. The number of benzene rings is 1. The van der Waals surface area contributed by atoms with Crippen LogP contribution in [-0.4, -0.2) is 17.4 Å². The number of halogens is 1. The monoisotopic (exact) mass is 314 g/mol. The molecule has 0 saturated carbocycles. The van der Waals surface area contributed by atoms with Crippen molar-refractivity contribution in [2.45, 2.75) is 13.8 Å². The van der Waals surface area contributed by atoms with Gasteiger partial charge in [-0.1, -0.05) is 41.1 Å². The zero-order chi connectivity index (χ0) is 13.0. The Labute approximate surface area is 115 Å². The second-order valence-corrected chi connectivity index (χ2v) is 5.36. The third-order valence-electron chi connectivity index (χ3n) is 2.50. The van der Waals surface area contributed by atoms with Crippen LogP contribution in [0.4, 0.5) is 0 Å². The van der Waals surface area contributed by atoms with Crippen LogP contribution in [-0.2, 0) is 0 Å². The molecule has 1 amide bonds. The number of carbonyl (C=O) groups is 1. The predicted molar refractivity (Wildman–Crippen MR) is 77.2 cm³/mol. The molecule has 0 radical (unpaired) electrons. The summed E-state index contributed by atoms with van der Waals surface area (Å²) in [6.07, 6.45) is 0. The van der Waals surface area contributed by atoms with E-state index in [-0.39, 0.29) is 11.8 Å². The third kappa shape index (κ3) is 4.09. The quantitative estimate of drug-likeness (QED) is 0.839. The highest BCUT2D eigenvalue weighted by Gasteiger charge is 2.11. The number of amides is 1. The van der Waals surface area contributed by atoms with E-state index < -0.39 is 0 Å². The highest BCUT2D eigenvalue weighted by atomic mass is 79.9. The Balaban J connectivity index is 2.70. The lowest BCUT2D eigenvalue weighted by Crippen LogP contribution is -2.33. The van der Waals surface area contributed by atoms with Crippen LogP contribution in [0.5, 0.6) is 0 Å². The largest absolute Gasteiger partial charge is 0.393 e. The maximum Gasteiger partial charge on any atom is 0.251 e. The van der Waals surface area contributed by atoms with E-state index in [1.165, 1.54) is 0 Å². The van der Waals surface area contributed by atoms with Gasteiger partial charge in [-0.2, -0.15) is 0 Å². The van der Waals surface area contributed by atoms with E-state index in [2.05, 4.69) is 21.2 Å². The first-order valence-electron chi connectivity index (χ1n) is 5.25. The molecule has 1 unspecified atom stereocenters. The van der Waals surface area contributed by atoms with Crippen molar-refractivity contribution in [1.82, 2.24) is 5.32 Å². The van der Waals surface area contributed by atoms with Crippen molar-refractivity contribution in [3.63, 3.8) is 0 Å². The van der Waals surface area contributed by atoms with Crippen LogP contribution in [0.3, 0.4) is 0 Å². The fraction of sp³-hybridized carbons (Fsp3) is 0.333. The summed E-state index contributed by atoms with van der Waals surface area (Å²) in [6.45, 7) is 4.24.